The van der Waals surface area contributed by atoms with E-state index in [9.17, 15) is 9.90 Å². The van der Waals surface area contributed by atoms with E-state index in [1.54, 1.807) is 6.92 Å². The van der Waals surface area contributed by atoms with Gasteiger partial charge in [0.15, 0.2) is 0 Å². The summed E-state index contributed by atoms with van der Waals surface area (Å²) in [5.41, 5.74) is -0.189. The maximum atomic E-state index is 11.3. The SMILES string of the molecule is C=C(C)C(=O)OCCC1(O)CC2CCCC(C2)C1. The summed E-state index contributed by atoms with van der Waals surface area (Å²) in [6.45, 7) is 5.50. The van der Waals surface area contributed by atoms with E-state index in [0.717, 1.165) is 12.8 Å². The van der Waals surface area contributed by atoms with Crippen molar-refractivity contribution in [3.63, 3.8) is 0 Å². The Labute approximate surface area is 109 Å². The van der Waals surface area contributed by atoms with Crippen LogP contribution in [-0.2, 0) is 9.53 Å². The van der Waals surface area contributed by atoms with Crippen molar-refractivity contribution < 1.29 is 14.6 Å². The predicted molar refractivity (Wildman–Crippen MR) is 70.0 cm³/mol. The molecule has 18 heavy (non-hydrogen) atoms. The zero-order valence-electron chi connectivity index (χ0n) is 11.3. The molecule has 0 saturated heterocycles. The van der Waals surface area contributed by atoms with Crippen LogP contribution in [0.2, 0.25) is 0 Å². The zero-order chi connectivity index (χ0) is 13.2. The number of fused-ring (bicyclic) bond motifs is 2. The van der Waals surface area contributed by atoms with E-state index in [0.29, 0.717) is 30.4 Å². The van der Waals surface area contributed by atoms with Crippen LogP contribution in [0.25, 0.3) is 0 Å². The molecule has 2 fully saturated rings. The number of rotatable bonds is 4. The third kappa shape index (κ3) is 3.35. The normalized spacial score (nSPS) is 35.0. The highest BCUT2D eigenvalue weighted by Gasteiger charge is 2.40. The third-order valence-corrected chi connectivity index (χ3v) is 4.38. The lowest BCUT2D eigenvalue weighted by Gasteiger charge is -2.44. The molecule has 0 aromatic heterocycles. The van der Waals surface area contributed by atoms with Crippen molar-refractivity contribution in [3.8, 4) is 0 Å². The largest absolute Gasteiger partial charge is 0.462 e. The second kappa shape index (κ2) is 5.43. The van der Waals surface area contributed by atoms with Gasteiger partial charge in [0.2, 0.25) is 0 Å². The minimum atomic E-state index is -0.608. The van der Waals surface area contributed by atoms with Crippen LogP contribution in [0.1, 0.15) is 51.9 Å². The minimum Gasteiger partial charge on any atom is -0.462 e. The lowest BCUT2D eigenvalue weighted by atomic mass is 9.65. The molecule has 0 aromatic carbocycles. The fraction of sp³-hybridized carbons (Fsp3) is 0.800. The monoisotopic (exact) mass is 252 g/mol. The van der Waals surface area contributed by atoms with Gasteiger partial charge in [0.05, 0.1) is 12.2 Å². The Morgan fingerprint density at radius 2 is 2.00 bits per heavy atom. The first kappa shape index (κ1) is 13.6. The molecular formula is C15H24O3. The molecule has 2 atom stereocenters. The van der Waals surface area contributed by atoms with Crippen LogP contribution in [0.5, 0.6) is 0 Å². The molecule has 2 rings (SSSR count). The van der Waals surface area contributed by atoms with E-state index >= 15 is 0 Å². The van der Waals surface area contributed by atoms with E-state index in [1.165, 1.54) is 25.7 Å². The number of ether oxygens (including phenoxy) is 1. The highest BCUT2D eigenvalue weighted by Crippen LogP contribution is 2.45. The molecule has 102 valence electrons. The Morgan fingerprint density at radius 1 is 1.39 bits per heavy atom. The first-order valence-corrected chi connectivity index (χ1v) is 7.03. The van der Waals surface area contributed by atoms with Gasteiger partial charge in [-0.15, -0.1) is 0 Å². The third-order valence-electron chi connectivity index (χ3n) is 4.38. The van der Waals surface area contributed by atoms with Gasteiger partial charge >= 0.3 is 5.97 Å². The molecule has 0 amide bonds. The van der Waals surface area contributed by atoms with E-state index < -0.39 is 5.60 Å². The lowest BCUT2D eigenvalue weighted by Crippen LogP contribution is -2.42. The number of esters is 1. The fourth-order valence-electron chi connectivity index (χ4n) is 3.59. The van der Waals surface area contributed by atoms with Gasteiger partial charge in [-0.25, -0.2) is 4.79 Å². The maximum absolute atomic E-state index is 11.3. The molecule has 2 bridgehead atoms. The molecule has 1 N–H and O–H groups in total. The van der Waals surface area contributed by atoms with Gasteiger partial charge < -0.3 is 9.84 Å². The molecular weight excluding hydrogens is 228 g/mol. The van der Waals surface area contributed by atoms with Crippen LogP contribution in [0.4, 0.5) is 0 Å². The van der Waals surface area contributed by atoms with Crippen LogP contribution in [0, 0.1) is 11.8 Å². The summed E-state index contributed by atoms with van der Waals surface area (Å²) in [4.78, 5) is 11.3. The van der Waals surface area contributed by atoms with E-state index in [4.69, 9.17) is 4.74 Å². The standard InChI is InChI=1S/C15H24O3/c1-11(2)14(16)18-7-6-15(17)9-12-4-3-5-13(8-12)10-15/h12-13,17H,1,3-10H2,2H3. The summed E-state index contributed by atoms with van der Waals surface area (Å²) < 4.78 is 5.10. The Balaban J connectivity index is 1.81. The fourth-order valence-corrected chi connectivity index (χ4v) is 3.59. The van der Waals surface area contributed by atoms with Crippen molar-refractivity contribution >= 4 is 5.97 Å². The Morgan fingerprint density at radius 3 is 2.56 bits per heavy atom. The minimum absolute atomic E-state index is 0.307. The summed E-state index contributed by atoms with van der Waals surface area (Å²) in [6.07, 6.45) is 7.44. The van der Waals surface area contributed by atoms with Gasteiger partial charge in [0, 0.05) is 12.0 Å². The summed E-state index contributed by atoms with van der Waals surface area (Å²) >= 11 is 0. The summed E-state index contributed by atoms with van der Waals surface area (Å²) in [5, 5.41) is 10.6. The van der Waals surface area contributed by atoms with Crippen LogP contribution in [0.3, 0.4) is 0 Å². The average Bonchev–Trinajstić information content (AvgIpc) is 2.27. The Hall–Kier alpha value is -0.830. The summed E-state index contributed by atoms with van der Waals surface area (Å²) in [5.74, 6) is 1.01. The van der Waals surface area contributed by atoms with Crippen molar-refractivity contribution in [3.05, 3.63) is 12.2 Å². The topological polar surface area (TPSA) is 46.5 Å². The molecule has 0 spiro atoms. The first-order valence-electron chi connectivity index (χ1n) is 7.03. The quantitative estimate of drug-likeness (QED) is 0.618. The van der Waals surface area contributed by atoms with Crippen molar-refractivity contribution in [1.82, 2.24) is 0 Å². The van der Waals surface area contributed by atoms with Crippen molar-refractivity contribution in [2.45, 2.75) is 57.5 Å². The molecule has 3 heteroatoms. The highest BCUT2D eigenvalue weighted by molar-refractivity contribution is 5.86. The van der Waals surface area contributed by atoms with Gasteiger partial charge in [-0.1, -0.05) is 25.8 Å². The maximum Gasteiger partial charge on any atom is 0.333 e. The van der Waals surface area contributed by atoms with Gasteiger partial charge in [0.25, 0.3) is 0 Å². The second-order valence-corrected chi connectivity index (χ2v) is 6.20. The summed E-state index contributed by atoms with van der Waals surface area (Å²) in [7, 11) is 0. The molecule has 3 nitrogen and oxygen atoms in total. The number of aliphatic hydroxyl groups is 1. The first-order chi connectivity index (χ1) is 8.48. The molecule has 0 heterocycles. The van der Waals surface area contributed by atoms with Gasteiger partial charge in [-0.2, -0.15) is 0 Å². The Bertz CT molecular complexity index is 323. The highest BCUT2D eigenvalue weighted by atomic mass is 16.5. The van der Waals surface area contributed by atoms with Crippen molar-refractivity contribution in [1.29, 1.82) is 0 Å². The Kier molecular flexibility index (Phi) is 4.10. The predicted octanol–water partition coefficient (Wildman–Crippen LogP) is 2.83. The van der Waals surface area contributed by atoms with Gasteiger partial charge in [-0.3, -0.25) is 0 Å². The molecule has 2 unspecified atom stereocenters. The van der Waals surface area contributed by atoms with E-state index in [2.05, 4.69) is 6.58 Å². The molecule has 2 saturated carbocycles. The number of carbonyl (C=O) groups is 1. The molecule has 0 aromatic rings. The lowest BCUT2D eigenvalue weighted by molar-refractivity contribution is -0.141. The van der Waals surface area contributed by atoms with Gasteiger partial charge in [0.1, 0.15) is 0 Å². The van der Waals surface area contributed by atoms with Crippen LogP contribution < -0.4 is 0 Å². The smallest absolute Gasteiger partial charge is 0.333 e. The molecule has 2 aliphatic rings. The van der Waals surface area contributed by atoms with E-state index in [1.807, 2.05) is 0 Å². The molecule has 2 aliphatic carbocycles. The number of hydrogen-bond acceptors (Lipinski definition) is 3. The number of hydrogen-bond donors (Lipinski definition) is 1. The van der Waals surface area contributed by atoms with Crippen LogP contribution in [0.15, 0.2) is 12.2 Å². The zero-order valence-corrected chi connectivity index (χ0v) is 11.3. The molecule has 0 radical (unpaired) electrons. The second-order valence-electron chi connectivity index (χ2n) is 6.20. The summed E-state index contributed by atoms with van der Waals surface area (Å²) in [6, 6.07) is 0. The van der Waals surface area contributed by atoms with Crippen molar-refractivity contribution in [2.24, 2.45) is 11.8 Å². The van der Waals surface area contributed by atoms with Crippen molar-refractivity contribution in [2.75, 3.05) is 6.61 Å². The average molecular weight is 252 g/mol. The molecule has 0 aliphatic heterocycles. The van der Waals surface area contributed by atoms with Crippen LogP contribution in [-0.4, -0.2) is 23.3 Å². The number of carbonyl (C=O) groups excluding carboxylic acids is 1. The van der Waals surface area contributed by atoms with E-state index in [-0.39, 0.29) is 5.97 Å². The van der Waals surface area contributed by atoms with Crippen LogP contribution >= 0.6 is 0 Å². The van der Waals surface area contributed by atoms with Gasteiger partial charge in [-0.05, 0) is 38.0 Å².